The molecule has 3 heteroatoms. The van der Waals surface area contributed by atoms with Crippen molar-refractivity contribution in [1.82, 2.24) is 4.68 Å². The van der Waals surface area contributed by atoms with E-state index in [-0.39, 0.29) is 0 Å². The van der Waals surface area contributed by atoms with E-state index in [1.54, 1.807) is 0 Å². The highest BCUT2D eigenvalue weighted by atomic mass is 15.4. The van der Waals surface area contributed by atoms with Crippen LogP contribution in [-0.2, 0) is 6.54 Å². The van der Waals surface area contributed by atoms with Gasteiger partial charge in [-0.25, -0.2) is 0 Å². The lowest BCUT2D eigenvalue weighted by Gasteiger charge is -2.09. The SMILES string of the molecule is Nc1cccc2c1ccn2NCc1ccccc1. The number of nitrogen functional groups attached to an aromatic ring is 1. The summed E-state index contributed by atoms with van der Waals surface area (Å²) < 4.78 is 2.01. The molecule has 18 heavy (non-hydrogen) atoms. The van der Waals surface area contributed by atoms with Gasteiger partial charge in [0.1, 0.15) is 0 Å². The molecule has 3 nitrogen and oxygen atoms in total. The minimum Gasteiger partial charge on any atom is -0.398 e. The molecule has 0 unspecified atom stereocenters. The summed E-state index contributed by atoms with van der Waals surface area (Å²) in [6.07, 6.45) is 2.00. The molecule has 0 aliphatic heterocycles. The predicted octanol–water partition coefficient (Wildman–Crippen LogP) is 2.97. The van der Waals surface area contributed by atoms with E-state index in [9.17, 15) is 0 Å². The van der Waals surface area contributed by atoms with Crippen molar-refractivity contribution in [1.29, 1.82) is 0 Å². The van der Waals surface area contributed by atoms with E-state index < -0.39 is 0 Å². The second-order valence-electron chi connectivity index (χ2n) is 4.29. The highest BCUT2D eigenvalue weighted by Crippen LogP contribution is 2.21. The molecule has 0 aliphatic carbocycles. The summed E-state index contributed by atoms with van der Waals surface area (Å²) in [4.78, 5) is 0. The first-order valence-electron chi connectivity index (χ1n) is 5.98. The first kappa shape index (κ1) is 10.7. The Morgan fingerprint density at radius 3 is 2.61 bits per heavy atom. The molecule has 90 valence electrons. The highest BCUT2D eigenvalue weighted by molar-refractivity contribution is 5.91. The van der Waals surface area contributed by atoms with Gasteiger partial charge in [-0.05, 0) is 23.8 Å². The van der Waals surface area contributed by atoms with Crippen molar-refractivity contribution in [3.63, 3.8) is 0 Å². The van der Waals surface area contributed by atoms with E-state index in [4.69, 9.17) is 5.73 Å². The Morgan fingerprint density at radius 1 is 0.944 bits per heavy atom. The Kier molecular flexibility index (Phi) is 2.65. The molecule has 0 aliphatic rings. The zero-order valence-electron chi connectivity index (χ0n) is 10.0. The van der Waals surface area contributed by atoms with Gasteiger partial charge in [0, 0.05) is 17.3 Å². The van der Waals surface area contributed by atoms with Gasteiger partial charge in [0.15, 0.2) is 0 Å². The van der Waals surface area contributed by atoms with Crippen LogP contribution >= 0.6 is 0 Å². The standard InChI is InChI=1S/C15H15N3/c16-14-7-4-8-15-13(14)9-10-18(15)17-11-12-5-2-1-3-6-12/h1-10,17H,11,16H2. The summed E-state index contributed by atoms with van der Waals surface area (Å²) in [6, 6.07) is 18.3. The van der Waals surface area contributed by atoms with Crippen molar-refractivity contribution in [2.75, 3.05) is 11.2 Å². The molecule has 1 aromatic heterocycles. The minimum absolute atomic E-state index is 0.791. The molecule has 2 aromatic carbocycles. The number of aromatic nitrogens is 1. The van der Waals surface area contributed by atoms with Crippen molar-refractivity contribution >= 4 is 16.6 Å². The molecule has 0 saturated heterocycles. The van der Waals surface area contributed by atoms with Gasteiger partial charge in [0.2, 0.25) is 0 Å². The van der Waals surface area contributed by atoms with E-state index in [0.29, 0.717) is 0 Å². The third kappa shape index (κ3) is 1.91. The summed E-state index contributed by atoms with van der Waals surface area (Å²) in [5.74, 6) is 0. The second kappa shape index (κ2) is 4.45. The van der Waals surface area contributed by atoms with Gasteiger partial charge >= 0.3 is 0 Å². The summed E-state index contributed by atoms with van der Waals surface area (Å²) in [5, 5.41) is 1.08. The molecule has 3 rings (SSSR count). The number of fused-ring (bicyclic) bond motifs is 1. The zero-order valence-corrected chi connectivity index (χ0v) is 10.0. The highest BCUT2D eigenvalue weighted by Gasteiger charge is 2.02. The molecule has 0 atom stereocenters. The van der Waals surface area contributed by atoms with Crippen molar-refractivity contribution in [3.8, 4) is 0 Å². The molecule has 0 bridgehead atoms. The molecule has 0 radical (unpaired) electrons. The van der Waals surface area contributed by atoms with Crippen LogP contribution in [0.1, 0.15) is 5.56 Å². The van der Waals surface area contributed by atoms with Gasteiger partial charge in [0.05, 0.1) is 12.1 Å². The average molecular weight is 237 g/mol. The summed E-state index contributed by atoms with van der Waals surface area (Å²) in [5.41, 5.74) is 12.5. The van der Waals surface area contributed by atoms with Crippen LogP contribution < -0.4 is 11.2 Å². The van der Waals surface area contributed by atoms with Crippen molar-refractivity contribution < 1.29 is 0 Å². The van der Waals surface area contributed by atoms with Gasteiger partial charge in [-0.15, -0.1) is 0 Å². The molecule has 0 fully saturated rings. The quantitative estimate of drug-likeness (QED) is 0.688. The Morgan fingerprint density at radius 2 is 1.78 bits per heavy atom. The number of anilines is 1. The molecular weight excluding hydrogens is 222 g/mol. The van der Waals surface area contributed by atoms with Crippen LogP contribution in [0.4, 0.5) is 5.69 Å². The monoisotopic (exact) mass is 237 g/mol. The van der Waals surface area contributed by atoms with Crippen molar-refractivity contribution in [2.45, 2.75) is 6.54 Å². The molecule has 3 N–H and O–H groups in total. The Hall–Kier alpha value is -2.42. The maximum absolute atomic E-state index is 5.94. The van der Waals surface area contributed by atoms with Crippen LogP contribution in [0.3, 0.4) is 0 Å². The van der Waals surface area contributed by atoms with Crippen LogP contribution in [0.15, 0.2) is 60.8 Å². The zero-order chi connectivity index (χ0) is 12.4. The van der Waals surface area contributed by atoms with Gasteiger partial charge in [0.25, 0.3) is 0 Å². The number of hydrogen-bond donors (Lipinski definition) is 2. The molecule has 0 saturated carbocycles. The normalized spacial score (nSPS) is 10.7. The van der Waals surface area contributed by atoms with Gasteiger partial charge < -0.3 is 11.2 Å². The predicted molar refractivity (Wildman–Crippen MR) is 75.9 cm³/mol. The van der Waals surface area contributed by atoms with Crippen LogP contribution in [0.2, 0.25) is 0 Å². The number of rotatable bonds is 3. The number of nitrogens with one attached hydrogen (secondary N) is 1. The van der Waals surface area contributed by atoms with Crippen LogP contribution in [0.5, 0.6) is 0 Å². The second-order valence-corrected chi connectivity index (χ2v) is 4.29. The molecule has 3 aromatic rings. The molecule has 0 amide bonds. The van der Waals surface area contributed by atoms with Gasteiger partial charge in [-0.2, -0.15) is 0 Å². The van der Waals surface area contributed by atoms with E-state index in [0.717, 1.165) is 23.1 Å². The van der Waals surface area contributed by atoms with Crippen molar-refractivity contribution in [3.05, 3.63) is 66.4 Å². The maximum Gasteiger partial charge on any atom is 0.0713 e. The maximum atomic E-state index is 5.94. The van der Waals surface area contributed by atoms with E-state index in [1.807, 2.05) is 47.3 Å². The van der Waals surface area contributed by atoms with Crippen LogP contribution in [-0.4, -0.2) is 4.68 Å². The van der Waals surface area contributed by atoms with Crippen LogP contribution in [0.25, 0.3) is 10.9 Å². The molecule has 0 spiro atoms. The largest absolute Gasteiger partial charge is 0.398 e. The minimum atomic E-state index is 0.791. The van der Waals surface area contributed by atoms with Crippen LogP contribution in [0, 0.1) is 0 Å². The fourth-order valence-corrected chi connectivity index (χ4v) is 2.10. The van der Waals surface area contributed by atoms with E-state index in [2.05, 4.69) is 23.6 Å². The third-order valence-corrected chi connectivity index (χ3v) is 3.06. The number of benzene rings is 2. The van der Waals surface area contributed by atoms with Gasteiger partial charge in [-0.3, -0.25) is 4.68 Å². The number of nitrogens with zero attached hydrogens (tertiary/aromatic N) is 1. The lowest BCUT2D eigenvalue weighted by Crippen LogP contribution is -2.12. The average Bonchev–Trinajstić information content (AvgIpc) is 2.82. The fraction of sp³-hybridized carbons (Fsp3) is 0.0667. The Bertz CT molecular complexity index is 656. The Labute approximate surface area is 106 Å². The topological polar surface area (TPSA) is 43.0 Å². The van der Waals surface area contributed by atoms with E-state index in [1.165, 1.54) is 5.56 Å². The summed E-state index contributed by atoms with van der Waals surface area (Å²) in [6.45, 7) is 0.791. The lowest BCUT2D eigenvalue weighted by atomic mass is 10.2. The summed E-state index contributed by atoms with van der Waals surface area (Å²) in [7, 11) is 0. The summed E-state index contributed by atoms with van der Waals surface area (Å²) >= 11 is 0. The number of hydrogen-bond acceptors (Lipinski definition) is 2. The first-order valence-corrected chi connectivity index (χ1v) is 5.98. The van der Waals surface area contributed by atoms with E-state index >= 15 is 0 Å². The first-order chi connectivity index (χ1) is 8.84. The smallest absolute Gasteiger partial charge is 0.0713 e. The number of nitrogens with two attached hydrogens (primary N) is 1. The Balaban J connectivity index is 1.85. The van der Waals surface area contributed by atoms with Crippen molar-refractivity contribution in [2.24, 2.45) is 0 Å². The molecule has 1 heterocycles. The third-order valence-electron chi connectivity index (χ3n) is 3.06. The van der Waals surface area contributed by atoms with Gasteiger partial charge in [-0.1, -0.05) is 36.4 Å². The fourth-order valence-electron chi connectivity index (χ4n) is 2.10. The lowest BCUT2D eigenvalue weighted by molar-refractivity contribution is 0.874. The molecular formula is C15H15N3.